The summed E-state index contributed by atoms with van der Waals surface area (Å²) in [6.45, 7) is 10.8. The van der Waals surface area contributed by atoms with Gasteiger partial charge in [0.2, 0.25) is 5.24 Å². The molecule has 0 unspecified atom stereocenters. The first-order chi connectivity index (χ1) is 8.15. The number of carbonyl (C=O) groups excluding carboxylic acids is 1. The molecule has 0 heterocycles. The van der Waals surface area contributed by atoms with Crippen LogP contribution in [-0.2, 0) is 10.2 Å². The molecule has 18 heavy (non-hydrogen) atoms. The van der Waals surface area contributed by atoms with Gasteiger partial charge < -0.3 is 0 Å². The molecule has 98 valence electrons. The summed E-state index contributed by atoms with van der Waals surface area (Å²) in [6.07, 6.45) is 0. The van der Waals surface area contributed by atoms with Crippen LogP contribution in [0.3, 0.4) is 0 Å². The fourth-order valence-corrected chi connectivity index (χ4v) is 3.28. The van der Waals surface area contributed by atoms with Crippen molar-refractivity contribution < 1.29 is 4.79 Å². The summed E-state index contributed by atoms with van der Waals surface area (Å²) < 4.78 is 0. The lowest BCUT2D eigenvalue weighted by molar-refractivity contribution is -0.113. The summed E-state index contributed by atoms with van der Waals surface area (Å²) in [5.41, 5.74) is 2.71. The molecule has 1 saturated carbocycles. The highest BCUT2D eigenvalue weighted by molar-refractivity contribution is 6.64. The second-order valence-corrected chi connectivity index (χ2v) is 7.33. The van der Waals surface area contributed by atoms with E-state index in [1.54, 1.807) is 0 Å². The van der Waals surface area contributed by atoms with Gasteiger partial charge >= 0.3 is 0 Å². The topological polar surface area (TPSA) is 17.1 Å². The molecule has 0 saturated heterocycles. The zero-order valence-corrected chi connectivity index (χ0v) is 12.5. The predicted molar refractivity (Wildman–Crippen MR) is 76.0 cm³/mol. The molecule has 1 aromatic carbocycles. The molecule has 1 aliphatic carbocycles. The van der Waals surface area contributed by atoms with E-state index in [1.807, 2.05) is 0 Å². The monoisotopic (exact) mass is 264 g/mol. The van der Waals surface area contributed by atoms with Crippen LogP contribution >= 0.6 is 11.6 Å². The molecule has 0 aromatic heterocycles. The predicted octanol–water partition coefficient (Wildman–Crippen LogP) is 4.49. The molecule has 1 nitrogen and oxygen atoms in total. The second kappa shape index (κ2) is 4.09. The zero-order chi connectivity index (χ0) is 13.7. The Kier molecular flexibility index (Phi) is 3.09. The van der Waals surface area contributed by atoms with Gasteiger partial charge in [-0.2, -0.15) is 0 Å². The minimum Gasteiger partial charge on any atom is -0.281 e. The lowest BCUT2D eigenvalue weighted by Gasteiger charge is -2.19. The maximum atomic E-state index is 11.4. The Morgan fingerprint density at radius 3 is 2.00 bits per heavy atom. The standard InChI is InChI=1S/C16H21ClO/c1-15(2,3)11-8-6-10(7-9-11)12-13(14(17)18)16(12,4)5/h6-9,12-13H,1-5H3/t12-,13-/m0/s1. The number of rotatable bonds is 2. The molecule has 1 aliphatic rings. The van der Waals surface area contributed by atoms with Crippen LogP contribution in [0, 0.1) is 11.3 Å². The molecular formula is C16H21ClO. The van der Waals surface area contributed by atoms with Crippen molar-refractivity contribution in [2.45, 2.75) is 46.0 Å². The van der Waals surface area contributed by atoms with E-state index in [2.05, 4.69) is 58.9 Å². The molecule has 0 spiro atoms. The van der Waals surface area contributed by atoms with Gasteiger partial charge in [-0.25, -0.2) is 0 Å². The average molecular weight is 265 g/mol. The average Bonchev–Trinajstić information content (AvgIpc) is 2.80. The fourth-order valence-electron chi connectivity index (χ4n) is 2.87. The van der Waals surface area contributed by atoms with Gasteiger partial charge in [0.15, 0.2) is 0 Å². The fraction of sp³-hybridized carbons (Fsp3) is 0.562. The van der Waals surface area contributed by atoms with E-state index in [-0.39, 0.29) is 27.9 Å². The number of carbonyl (C=O) groups is 1. The molecule has 0 bridgehead atoms. The van der Waals surface area contributed by atoms with Crippen molar-refractivity contribution in [1.82, 2.24) is 0 Å². The zero-order valence-electron chi connectivity index (χ0n) is 11.8. The van der Waals surface area contributed by atoms with Crippen LogP contribution in [-0.4, -0.2) is 5.24 Å². The SMILES string of the molecule is CC(C)(C)c1ccc([C@H]2[C@@H](C(=O)Cl)C2(C)C)cc1. The van der Waals surface area contributed by atoms with Crippen LogP contribution in [0.15, 0.2) is 24.3 Å². The highest BCUT2D eigenvalue weighted by Gasteiger charge is 2.61. The van der Waals surface area contributed by atoms with Crippen molar-refractivity contribution >= 4 is 16.8 Å². The van der Waals surface area contributed by atoms with Crippen LogP contribution in [0.5, 0.6) is 0 Å². The highest BCUT2D eigenvalue weighted by Crippen LogP contribution is 2.65. The normalized spacial score (nSPS) is 25.9. The van der Waals surface area contributed by atoms with E-state index in [0.29, 0.717) is 0 Å². The molecule has 0 amide bonds. The van der Waals surface area contributed by atoms with E-state index in [9.17, 15) is 4.79 Å². The van der Waals surface area contributed by atoms with Crippen molar-refractivity contribution in [2.75, 3.05) is 0 Å². The largest absolute Gasteiger partial charge is 0.281 e. The van der Waals surface area contributed by atoms with E-state index in [0.717, 1.165) is 0 Å². The lowest BCUT2D eigenvalue weighted by Crippen LogP contribution is -2.10. The maximum Gasteiger partial charge on any atom is 0.225 e. The first kappa shape index (κ1) is 13.6. The molecule has 0 radical (unpaired) electrons. The van der Waals surface area contributed by atoms with Gasteiger partial charge in [0.25, 0.3) is 0 Å². The molecule has 2 rings (SSSR count). The molecule has 2 heteroatoms. The molecular weight excluding hydrogens is 244 g/mol. The third-order valence-electron chi connectivity index (χ3n) is 4.21. The summed E-state index contributed by atoms with van der Waals surface area (Å²) >= 11 is 5.67. The summed E-state index contributed by atoms with van der Waals surface area (Å²) in [5.74, 6) is 0.246. The number of benzene rings is 1. The van der Waals surface area contributed by atoms with Crippen molar-refractivity contribution in [3.63, 3.8) is 0 Å². The van der Waals surface area contributed by atoms with Gasteiger partial charge in [-0.1, -0.05) is 58.9 Å². The van der Waals surface area contributed by atoms with Crippen molar-refractivity contribution in [2.24, 2.45) is 11.3 Å². The Labute approximate surface area is 115 Å². The Bertz CT molecular complexity index is 465. The summed E-state index contributed by atoms with van der Waals surface area (Å²) in [5, 5.41) is -0.204. The Morgan fingerprint density at radius 2 is 1.67 bits per heavy atom. The quantitative estimate of drug-likeness (QED) is 0.720. The van der Waals surface area contributed by atoms with Crippen LogP contribution in [0.2, 0.25) is 0 Å². The minimum absolute atomic E-state index is 0.00207. The second-order valence-electron chi connectivity index (χ2n) is 6.95. The minimum atomic E-state index is -0.204. The molecule has 1 aromatic rings. The molecule has 2 atom stereocenters. The van der Waals surface area contributed by atoms with Gasteiger partial charge in [-0.3, -0.25) is 4.79 Å². The number of hydrogen-bond donors (Lipinski definition) is 0. The Morgan fingerprint density at radius 1 is 1.17 bits per heavy atom. The van der Waals surface area contributed by atoms with Gasteiger partial charge in [0.1, 0.15) is 0 Å². The Balaban J connectivity index is 2.25. The summed E-state index contributed by atoms with van der Waals surface area (Å²) in [7, 11) is 0. The van der Waals surface area contributed by atoms with E-state index in [4.69, 9.17) is 11.6 Å². The van der Waals surface area contributed by atoms with Crippen LogP contribution in [0.1, 0.15) is 51.7 Å². The van der Waals surface area contributed by atoms with Crippen molar-refractivity contribution in [1.29, 1.82) is 0 Å². The van der Waals surface area contributed by atoms with Crippen molar-refractivity contribution in [3.05, 3.63) is 35.4 Å². The molecule has 0 aliphatic heterocycles. The maximum absolute atomic E-state index is 11.4. The number of halogens is 1. The summed E-state index contributed by atoms with van der Waals surface area (Å²) in [4.78, 5) is 11.4. The van der Waals surface area contributed by atoms with Gasteiger partial charge in [0, 0.05) is 11.8 Å². The van der Waals surface area contributed by atoms with E-state index < -0.39 is 0 Å². The van der Waals surface area contributed by atoms with Gasteiger partial charge in [0.05, 0.1) is 0 Å². The first-order valence-electron chi connectivity index (χ1n) is 6.45. The van der Waals surface area contributed by atoms with Crippen LogP contribution < -0.4 is 0 Å². The van der Waals surface area contributed by atoms with Crippen molar-refractivity contribution in [3.8, 4) is 0 Å². The lowest BCUT2D eigenvalue weighted by atomic mass is 9.86. The van der Waals surface area contributed by atoms with Crippen LogP contribution in [0.25, 0.3) is 0 Å². The molecule has 0 N–H and O–H groups in total. The van der Waals surface area contributed by atoms with Crippen LogP contribution in [0.4, 0.5) is 0 Å². The Hall–Kier alpha value is -0.820. The smallest absolute Gasteiger partial charge is 0.225 e. The summed E-state index contributed by atoms with van der Waals surface area (Å²) in [6, 6.07) is 8.62. The molecule has 1 fully saturated rings. The number of hydrogen-bond acceptors (Lipinski definition) is 1. The van der Waals surface area contributed by atoms with E-state index >= 15 is 0 Å². The highest BCUT2D eigenvalue weighted by atomic mass is 35.5. The van der Waals surface area contributed by atoms with E-state index in [1.165, 1.54) is 11.1 Å². The third kappa shape index (κ3) is 2.21. The third-order valence-corrected chi connectivity index (χ3v) is 4.44. The first-order valence-corrected chi connectivity index (χ1v) is 6.83. The van der Waals surface area contributed by atoms with Gasteiger partial charge in [-0.05, 0) is 33.6 Å². The van der Waals surface area contributed by atoms with Gasteiger partial charge in [-0.15, -0.1) is 0 Å².